The molecule has 2 heterocycles. The molecule has 4 aromatic rings. The Kier molecular flexibility index (Phi) is 5.67. The van der Waals surface area contributed by atoms with Crippen molar-refractivity contribution in [3.8, 4) is 0 Å². The molecule has 2 aromatic carbocycles. The maximum Gasteiger partial charge on any atom is 0.416 e. The molecule has 0 aliphatic rings. The van der Waals surface area contributed by atoms with Crippen molar-refractivity contribution in [3.63, 3.8) is 0 Å². The zero-order valence-corrected chi connectivity index (χ0v) is 17.6. The SMILES string of the molecule is Cc1ccc(NC(=O)c2cccc(C(F)(F)F)c2)cc1C=Cc1csc2c(N)ncnc12. The number of nitrogen functional groups attached to an aromatic ring is 1. The third-order valence-corrected chi connectivity index (χ3v) is 5.85. The highest BCUT2D eigenvalue weighted by molar-refractivity contribution is 7.18. The van der Waals surface area contributed by atoms with Crippen LogP contribution in [0.5, 0.6) is 0 Å². The van der Waals surface area contributed by atoms with E-state index >= 15 is 0 Å². The van der Waals surface area contributed by atoms with Gasteiger partial charge < -0.3 is 11.1 Å². The molecule has 0 aliphatic carbocycles. The number of nitrogens with one attached hydrogen (secondary N) is 1. The van der Waals surface area contributed by atoms with Gasteiger partial charge in [-0.15, -0.1) is 11.3 Å². The van der Waals surface area contributed by atoms with E-state index in [-0.39, 0.29) is 5.56 Å². The maximum atomic E-state index is 12.9. The molecule has 0 atom stereocenters. The number of nitrogens with two attached hydrogens (primary N) is 1. The third kappa shape index (κ3) is 4.47. The summed E-state index contributed by atoms with van der Waals surface area (Å²) in [6.07, 6.45) is 0.678. The molecule has 0 aliphatic heterocycles. The van der Waals surface area contributed by atoms with E-state index < -0.39 is 17.6 Å². The first kappa shape index (κ1) is 21.5. The van der Waals surface area contributed by atoms with Gasteiger partial charge in [0, 0.05) is 22.2 Å². The van der Waals surface area contributed by atoms with E-state index in [2.05, 4.69) is 15.3 Å². The molecule has 3 N–H and O–H groups in total. The van der Waals surface area contributed by atoms with Crippen LogP contribution < -0.4 is 11.1 Å². The van der Waals surface area contributed by atoms with Crippen molar-refractivity contribution in [1.82, 2.24) is 9.97 Å². The number of hydrogen-bond acceptors (Lipinski definition) is 5. The second-order valence-corrected chi connectivity index (χ2v) is 7.94. The predicted molar refractivity (Wildman–Crippen MR) is 121 cm³/mol. The summed E-state index contributed by atoms with van der Waals surface area (Å²) in [5.41, 5.74) is 8.86. The number of rotatable bonds is 4. The van der Waals surface area contributed by atoms with Gasteiger partial charge >= 0.3 is 6.18 Å². The lowest BCUT2D eigenvalue weighted by atomic mass is 10.1. The monoisotopic (exact) mass is 454 g/mol. The highest BCUT2D eigenvalue weighted by Gasteiger charge is 2.30. The average molecular weight is 454 g/mol. The Morgan fingerprint density at radius 1 is 1.09 bits per heavy atom. The molecule has 162 valence electrons. The van der Waals surface area contributed by atoms with Gasteiger partial charge in [0.2, 0.25) is 0 Å². The quantitative estimate of drug-likeness (QED) is 0.395. The van der Waals surface area contributed by atoms with E-state index in [1.165, 1.54) is 29.8 Å². The van der Waals surface area contributed by atoms with Gasteiger partial charge in [-0.05, 0) is 48.4 Å². The minimum atomic E-state index is -4.51. The Labute approximate surface area is 185 Å². The van der Waals surface area contributed by atoms with Gasteiger partial charge in [0.1, 0.15) is 12.1 Å². The zero-order chi connectivity index (χ0) is 22.9. The molecule has 2 aromatic heterocycles. The van der Waals surface area contributed by atoms with Crippen LogP contribution in [0.25, 0.3) is 22.4 Å². The van der Waals surface area contributed by atoms with Crippen molar-refractivity contribution in [3.05, 3.63) is 82.0 Å². The number of aryl methyl sites for hydroxylation is 1. The molecular formula is C23H17F3N4OS. The smallest absolute Gasteiger partial charge is 0.382 e. The molecule has 0 fully saturated rings. The number of amides is 1. The number of aromatic nitrogens is 2. The van der Waals surface area contributed by atoms with E-state index in [0.29, 0.717) is 11.5 Å². The second-order valence-electron chi connectivity index (χ2n) is 7.07. The number of benzene rings is 2. The Morgan fingerprint density at radius 2 is 1.88 bits per heavy atom. The molecular weight excluding hydrogens is 437 g/mol. The zero-order valence-electron chi connectivity index (χ0n) is 16.8. The first-order valence-corrected chi connectivity index (χ1v) is 10.4. The van der Waals surface area contributed by atoms with Gasteiger partial charge in [0.25, 0.3) is 5.91 Å². The molecule has 32 heavy (non-hydrogen) atoms. The maximum absolute atomic E-state index is 12.9. The van der Waals surface area contributed by atoms with Crippen molar-refractivity contribution < 1.29 is 18.0 Å². The van der Waals surface area contributed by atoms with Crippen molar-refractivity contribution in [2.75, 3.05) is 11.1 Å². The van der Waals surface area contributed by atoms with Crippen LogP contribution >= 0.6 is 11.3 Å². The fourth-order valence-corrected chi connectivity index (χ4v) is 4.01. The van der Waals surface area contributed by atoms with Crippen molar-refractivity contribution in [2.45, 2.75) is 13.1 Å². The lowest BCUT2D eigenvalue weighted by molar-refractivity contribution is -0.137. The Morgan fingerprint density at radius 3 is 2.66 bits per heavy atom. The first-order chi connectivity index (χ1) is 15.2. The summed E-state index contributed by atoms with van der Waals surface area (Å²) in [6.45, 7) is 1.92. The number of alkyl halides is 3. The standard InChI is InChI=1S/C23H17F3N4OS/c1-13-5-8-18(30-22(31)15-3-2-4-17(9-15)23(24,25)26)10-14(13)6-7-16-11-32-20-19(16)28-12-29-21(20)27/h2-12H,1H3,(H,30,31)(H2,27,28,29). The third-order valence-electron chi connectivity index (χ3n) is 4.84. The number of carbonyl (C=O) groups is 1. The number of thiophene rings is 1. The molecule has 1 amide bonds. The fourth-order valence-electron chi connectivity index (χ4n) is 3.12. The summed E-state index contributed by atoms with van der Waals surface area (Å²) in [5.74, 6) is -0.194. The largest absolute Gasteiger partial charge is 0.416 e. The van der Waals surface area contributed by atoms with Gasteiger partial charge in [0.15, 0.2) is 0 Å². The Balaban J connectivity index is 1.57. The average Bonchev–Trinajstić information content (AvgIpc) is 3.18. The summed E-state index contributed by atoms with van der Waals surface area (Å²) < 4.78 is 39.6. The number of nitrogens with zero attached hydrogens (tertiary/aromatic N) is 2. The van der Waals surface area contributed by atoms with Gasteiger partial charge in [-0.25, -0.2) is 9.97 Å². The summed E-state index contributed by atoms with van der Waals surface area (Å²) in [6, 6.07) is 9.60. The highest BCUT2D eigenvalue weighted by atomic mass is 32.1. The molecule has 4 rings (SSSR count). The first-order valence-electron chi connectivity index (χ1n) is 9.47. The van der Waals surface area contributed by atoms with Gasteiger partial charge in [0.05, 0.1) is 15.8 Å². The highest BCUT2D eigenvalue weighted by Crippen LogP contribution is 2.30. The number of fused-ring (bicyclic) bond motifs is 1. The molecule has 0 saturated carbocycles. The molecule has 0 bridgehead atoms. The molecule has 5 nitrogen and oxygen atoms in total. The van der Waals surface area contributed by atoms with Crippen LogP contribution in [0.2, 0.25) is 0 Å². The number of halogens is 3. The molecule has 0 radical (unpaired) electrons. The van der Waals surface area contributed by atoms with Gasteiger partial charge in [-0.3, -0.25) is 4.79 Å². The number of hydrogen-bond donors (Lipinski definition) is 2. The van der Waals surface area contributed by atoms with Crippen molar-refractivity contribution in [1.29, 1.82) is 0 Å². The Hall–Kier alpha value is -3.72. The van der Waals surface area contributed by atoms with Gasteiger partial charge in [-0.1, -0.05) is 24.3 Å². The van der Waals surface area contributed by atoms with Crippen LogP contribution in [-0.2, 0) is 6.18 Å². The van der Waals surface area contributed by atoms with E-state index in [1.54, 1.807) is 12.1 Å². The molecule has 9 heteroatoms. The summed E-state index contributed by atoms with van der Waals surface area (Å²) >= 11 is 1.45. The predicted octanol–water partition coefficient (Wildman–Crippen LogP) is 6.02. The van der Waals surface area contributed by atoms with E-state index in [4.69, 9.17) is 5.73 Å². The van der Waals surface area contributed by atoms with Crippen molar-refractivity contribution >= 4 is 51.1 Å². The number of carbonyl (C=O) groups excluding carboxylic acids is 1. The van der Waals surface area contributed by atoms with Crippen LogP contribution in [0.1, 0.15) is 32.6 Å². The van der Waals surface area contributed by atoms with Crippen molar-refractivity contribution in [2.24, 2.45) is 0 Å². The molecule has 0 saturated heterocycles. The van der Waals surface area contributed by atoms with Crippen LogP contribution in [-0.4, -0.2) is 15.9 Å². The minimum Gasteiger partial charge on any atom is -0.382 e. The fraction of sp³-hybridized carbons (Fsp3) is 0.0870. The van der Waals surface area contributed by atoms with E-state index in [1.807, 2.05) is 30.5 Å². The minimum absolute atomic E-state index is 0.0699. The lowest BCUT2D eigenvalue weighted by Crippen LogP contribution is -2.14. The lowest BCUT2D eigenvalue weighted by Gasteiger charge is -2.10. The normalized spacial score (nSPS) is 11.9. The van der Waals surface area contributed by atoms with Crippen LogP contribution in [0, 0.1) is 6.92 Å². The molecule has 0 spiro atoms. The summed E-state index contributed by atoms with van der Waals surface area (Å²) in [4.78, 5) is 20.8. The van der Waals surface area contributed by atoms with Crippen LogP contribution in [0.15, 0.2) is 54.2 Å². The Bertz CT molecular complexity index is 1340. The van der Waals surface area contributed by atoms with Crippen LogP contribution in [0.4, 0.5) is 24.7 Å². The number of anilines is 2. The van der Waals surface area contributed by atoms with Gasteiger partial charge in [-0.2, -0.15) is 13.2 Å². The molecule has 0 unspecified atom stereocenters. The topological polar surface area (TPSA) is 80.9 Å². The van der Waals surface area contributed by atoms with Crippen LogP contribution in [0.3, 0.4) is 0 Å². The summed E-state index contributed by atoms with van der Waals surface area (Å²) in [5, 5.41) is 4.59. The van der Waals surface area contributed by atoms with E-state index in [9.17, 15) is 18.0 Å². The van der Waals surface area contributed by atoms with E-state index in [0.717, 1.165) is 39.0 Å². The summed E-state index contributed by atoms with van der Waals surface area (Å²) in [7, 11) is 0. The second kappa shape index (κ2) is 8.43.